The van der Waals surface area contributed by atoms with E-state index < -0.39 is 10.0 Å². The zero-order chi connectivity index (χ0) is 13.3. The predicted octanol–water partition coefficient (Wildman–Crippen LogP) is 2.83. The van der Waals surface area contributed by atoms with E-state index in [1.54, 1.807) is 0 Å². The van der Waals surface area contributed by atoms with Crippen molar-refractivity contribution in [3.8, 4) is 5.75 Å². The molecule has 2 N–H and O–H groups in total. The van der Waals surface area contributed by atoms with Gasteiger partial charge in [-0.2, -0.15) is 0 Å². The highest BCUT2D eigenvalue weighted by Gasteiger charge is 2.22. The van der Waals surface area contributed by atoms with Crippen LogP contribution in [0.5, 0.6) is 5.75 Å². The van der Waals surface area contributed by atoms with Gasteiger partial charge in [-0.15, -0.1) is 0 Å². The Morgan fingerprint density at radius 2 is 1.94 bits per heavy atom. The minimum atomic E-state index is -3.44. The van der Waals surface area contributed by atoms with Crippen LogP contribution >= 0.6 is 11.6 Å². The molecule has 0 aliphatic rings. The largest absolute Gasteiger partial charge is 0.508 e. The molecule has 0 heterocycles. The Bertz CT molecular complexity index is 506. The zero-order valence-corrected chi connectivity index (χ0v) is 11.6. The van der Waals surface area contributed by atoms with Crippen LogP contribution in [0.1, 0.15) is 20.8 Å². The first-order valence-corrected chi connectivity index (χ1v) is 7.11. The molecule has 0 unspecified atom stereocenters. The molecule has 0 radical (unpaired) electrons. The summed E-state index contributed by atoms with van der Waals surface area (Å²) in [5.41, 5.74) is -0.0661. The topological polar surface area (TPSA) is 66.4 Å². The van der Waals surface area contributed by atoms with Gasteiger partial charge in [-0.3, -0.25) is 4.72 Å². The Balaban J connectivity index is 2.91. The third kappa shape index (κ3) is 4.83. The number of rotatable bonds is 3. The molecule has 0 aliphatic heterocycles. The number of phenols is 1. The minimum absolute atomic E-state index is 0.00277. The number of nitrogens with one attached hydrogen (secondary N) is 1. The SMILES string of the molecule is CC(C)(C)CS(=O)(=O)Nc1ccc(O)cc1Cl. The van der Waals surface area contributed by atoms with Gasteiger partial charge < -0.3 is 5.11 Å². The maximum atomic E-state index is 11.8. The highest BCUT2D eigenvalue weighted by atomic mass is 35.5. The standard InChI is InChI=1S/C11H16ClNO3S/c1-11(2,3)7-17(15,16)13-10-5-4-8(14)6-9(10)12/h4-6,13-14H,7H2,1-3H3. The van der Waals surface area contributed by atoms with Gasteiger partial charge in [-0.05, 0) is 17.5 Å². The van der Waals surface area contributed by atoms with Crippen molar-refractivity contribution in [2.45, 2.75) is 20.8 Å². The van der Waals surface area contributed by atoms with Gasteiger partial charge in [0.15, 0.2) is 0 Å². The lowest BCUT2D eigenvalue weighted by Gasteiger charge is -2.19. The summed E-state index contributed by atoms with van der Waals surface area (Å²) >= 11 is 5.82. The number of halogens is 1. The fourth-order valence-electron chi connectivity index (χ4n) is 1.36. The van der Waals surface area contributed by atoms with Crippen molar-refractivity contribution in [3.05, 3.63) is 23.2 Å². The monoisotopic (exact) mass is 277 g/mol. The third-order valence-electron chi connectivity index (χ3n) is 1.84. The predicted molar refractivity (Wildman–Crippen MR) is 70.0 cm³/mol. The summed E-state index contributed by atoms with van der Waals surface area (Å²) in [6, 6.07) is 4.09. The molecule has 0 atom stereocenters. The molecule has 0 bridgehead atoms. The van der Waals surface area contributed by atoms with E-state index in [-0.39, 0.29) is 27.6 Å². The number of hydrogen-bond donors (Lipinski definition) is 2. The lowest BCUT2D eigenvalue weighted by atomic mass is 10.0. The van der Waals surface area contributed by atoms with Gasteiger partial charge in [0.1, 0.15) is 5.75 Å². The summed E-state index contributed by atoms with van der Waals surface area (Å²) in [7, 11) is -3.44. The summed E-state index contributed by atoms with van der Waals surface area (Å²) < 4.78 is 26.0. The van der Waals surface area contributed by atoms with Crippen molar-refractivity contribution >= 4 is 27.3 Å². The molecule has 0 aromatic heterocycles. The molecule has 1 aromatic rings. The Kier molecular flexibility index (Phi) is 3.94. The lowest BCUT2D eigenvalue weighted by Crippen LogP contribution is -2.26. The van der Waals surface area contributed by atoms with Crippen LogP contribution in [0.3, 0.4) is 0 Å². The Labute approximate surface area is 107 Å². The Hall–Kier alpha value is -0.940. The first-order valence-electron chi connectivity index (χ1n) is 5.08. The van der Waals surface area contributed by atoms with E-state index in [9.17, 15) is 8.42 Å². The highest BCUT2D eigenvalue weighted by Crippen LogP contribution is 2.27. The number of aromatic hydroxyl groups is 1. The minimum Gasteiger partial charge on any atom is -0.508 e. The summed E-state index contributed by atoms with van der Waals surface area (Å²) in [5, 5.41) is 9.33. The molecule has 0 amide bonds. The third-order valence-corrected chi connectivity index (χ3v) is 3.93. The van der Waals surface area contributed by atoms with E-state index in [2.05, 4.69) is 4.72 Å². The van der Waals surface area contributed by atoms with Gasteiger partial charge >= 0.3 is 0 Å². The van der Waals surface area contributed by atoms with E-state index >= 15 is 0 Å². The summed E-state index contributed by atoms with van der Waals surface area (Å²) in [4.78, 5) is 0. The maximum absolute atomic E-state index is 11.8. The van der Waals surface area contributed by atoms with Crippen molar-refractivity contribution in [2.24, 2.45) is 5.41 Å². The number of benzene rings is 1. The van der Waals surface area contributed by atoms with E-state index in [4.69, 9.17) is 16.7 Å². The van der Waals surface area contributed by atoms with E-state index in [1.807, 2.05) is 20.8 Å². The van der Waals surface area contributed by atoms with E-state index in [1.165, 1.54) is 18.2 Å². The summed E-state index contributed by atoms with van der Waals surface area (Å²) in [6.45, 7) is 5.51. The molecule has 17 heavy (non-hydrogen) atoms. The number of sulfonamides is 1. The Morgan fingerprint density at radius 1 is 1.35 bits per heavy atom. The highest BCUT2D eigenvalue weighted by molar-refractivity contribution is 7.92. The molecule has 96 valence electrons. The molecule has 0 aliphatic carbocycles. The van der Waals surface area contributed by atoms with Gasteiger partial charge in [0.25, 0.3) is 0 Å². The van der Waals surface area contributed by atoms with Crippen molar-refractivity contribution in [1.29, 1.82) is 0 Å². The summed E-state index contributed by atoms with van der Waals surface area (Å²) in [5.74, 6) is -0.00854. The van der Waals surface area contributed by atoms with Crippen LogP contribution in [0.4, 0.5) is 5.69 Å². The van der Waals surface area contributed by atoms with Gasteiger partial charge in [-0.25, -0.2) is 8.42 Å². The van der Waals surface area contributed by atoms with Crippen LogP contribution in [-0.2, 0) is 10.0 Å². The average Bonchev–Trinajstić information content (AvgIpc) is 2.05. The van der Waals surface area contributed by atoms with Crippen LogP contribution < -0.4 is 4.72 Å². The van der Waals surface area contributed by atoms with Gasteiger partial charge in [0.05, 0.1) is 16.5 Å². The number of anilines is 1. The number of hydrogen-bond acceptors (Lipinski definition) is 3. The molecule has 0 spiro atoms. The molecule has 1 rings (SSSR count). The van der Waals surface area contributed by atoms with Gasteiger partial charge in [-0.1, -0.05) is 32.4 Å². The van der Waals surface area contributed by atoms with E-state index in [0.717, 1.165) is 0 Å². The molecule has 0 saturated heterocycles. The maximum Gasteiger partial charge on any atom is 0.233 e. The molecular weight excluding hydrogens is 262 g/mol. The second-order valence-corrected chi connectivity index (χ2v) is 7.22. The molecule has 0 fully saturated rings. The first-order chi connectivity index (χ1) is 7.59. The Morgan fingerprint density at radius 3 is 2.41 bits per heavy atom. The van der Waals surface area contributed by atoms with E-state index in [0.29, 0.717) is 0 Å². The summed E-state index contributed by atoms with van der Waals surface area (Å²) in [6.07, 6.45) is 0. The van der Waals surface area contributed by atoms with Crippen LogP contribution in [0.25, 0.3) is 0 Å². The van der Waals surface area contributed by atoms with Crippen LogP contribution in [0.15, 0.2) is 18.2 Å². The molecule has 6 heteroatoms. The molecule has 1 aromatic carbocycles. The quantitative estimate of drug-likeness (QED) is 0.835. The molecular formula is C11H16ClNO3S. The van der Waals surface area contributed by atoms with Crippen molar-refractivity contribution in [3.63, 3.8) is 0 Å². The van der Waals surface area contributed by atoms with Crippen LogP contribution in [0.2, 0.25) is 5.02 Å². The molecule has 4 nitrogen and oxygen atoms in total. The second-order valence-electron chi connectivity index (χ2n) is 5.09. The molecule has 0 saturated carbocycles. The van der Waals surface area contributed by atoms with Crippen LogP contribution in [-0.4, -0.2) is 19.3 Å². The normalized spacial score (nSPS) is 12.5. The smallest absolute Gasteiger partial charge is 0.233 e. The fraction of sp³-hybridized carbons (Fsp3) is 0.455. The van der Waals surface area contributed by atoms with Crippen molar-refractivity contribution in [2.75, 3.05) is 10.5 Å². The van der Waals surface area contributed by atoms with Crippen molar-refractivity contribution < 1.29 is 13.5 Å². The zero-order valence-electron chi connectivity index (χ0n) is 9.99. The van der Waals surface area contributed by atoms with Gasteiger partial charge in [0.2, 0.25) is 10.0 Å². The lowest BCUT2D eigenvalue weighted by molar-refractivity contribution is 0.463. The average molecular weight is 278 g/mol. The van der Waals surface area contributed by atoms with Crippen LogP contribution in [0, 0.1) is 5.41 Å². The van der Waals surface area contributed by atoms with Crippen molar-refractivity contribution in [1.82, 2.24) is 0 Å². The first kappa shape index (κ1) is 14.1. The second kappa shape index (κ2) is 4.74. The fourth-order valence-corrected chi connectivity index (χ4v) is 3.36. The van der Waals surface area contributed by atoms with Gasteiger partial charge in [0, 0.05) is 6.07 Å². The number of phenolic OH excluding ortho intramolecular Hbond substituents is 1.